The van der Waals surface area contributed by atoms with E-state index in [9.17, 15) is 0 Å². The monoisotopic (exact) mass is 226 g/mol. The fourth-order valence-electron chi connectivity index (χ4n) is 2.73. The van der Waals surface area contributed by atoms with Crippen molar-refractivity contribution < 1.29 is 4.74 Å². The minimum Gasteiger partial charge on any atom is -0.380 e. The van der Waals surface area contributed by atoms with Crippen molar-refractivity contribution in [3.63, 3.8) is 0 Å². The number of hydrogen-bond acceptors (Lipinski definition) is 3. The standard InChI is InChI=1S/C13H26N2O/c1-12(15-7-3-2-4-8-15)10-14-13-6-5-9-16-11-13/h12-14H,2-11H2,1H3. The Labute approximate surface area is 99.5 Å². The second-order valence-electron chi connectivity index (χ2n) is 5.27. The number of piperidine rings is 1. The molecule has 2 heterocycles. The third-order valence-corrected chi connectivity index (χ3v) is 3.88. The number of nitrogens with one attached hydrogen (secondary N) is 1. The Morgan fingerprint density at radius 1 is 1.25 bits per heavy atom. The predicted octanol–water partition coefficient (Wildman–Crippen LogP) is 1.63. The molecule has 0 aromatic heterocycles. The summed E-state index contributed by atoms with van der Waals surface area (Å²) >= 11 is 0. The van der Waals surface area contributed by atoms with E-state index in [-0.39, 0.29) is 0 Å². The van der Waals surface area contributed by atoms with E-state index < -0.39 is 0 Å². The van der Waals surface area contributed by atoms with Gasteiger partial charge in [0.15, 0.2) is 0 Å². The Hall–Kier alpha value is -0.120. The first-order valence-corrected chi connectivity index (χ1v) is 6.91. The Balaban J connectivity index is 1.63. The summed E-state index contributed by atoms with van der Waals surface area (Å²) in [6.07, 6.45) is 6.70. The fourth-order valence-corrected chi connectivity index (χ4v) is 2.73. The molecule has 2 atom stereocenters. The van der Waals surface area contributed by atoms with Crippen LogP contribution in [-0.4, -0.2) is 49.8 Å². The molecular weight excluding hydrogens is 200 g/mol. The van der Waals surface area contributed by atoms with Gasteiger partial charge in [0, 0.05) is 25.2 Å². The molecule has 0 amide bonds. The number of nitrogens with zero attached hydrogens (tertiary/aromatic N) is 1. The second kappa shape index (κ2) is 6.58. The molecule has 16 heavy (non-hydrogen) atoms. The molecular formula is C13H26N2O. The molecule has 0 spiro atoms. The second-order valence-corrected chi connectivity index (χ2v) is 5.27. The first-order valence-electron chi connectivity index (χ1n) is 6.91. The number of rotatable bonds is 4. The van der Waals surface area contributed by atoms with Crippen molar-refractivity contribution in [2.24, 2.45) is 0 Å². The molecule has 2 aliphatic rings. The molecule has 94 valence electrons. The van der Waals surface area contributed by atoms with Crippen LogP contribution in [0.5, 0.6) is 0 Å². The third-order valence-electron chi connectivity index (χ3n) is 3.88. The SMILES string of the molecule is CC(CNC1CCCOC1)N1CCCCC1. The average molecular weight is 226 g/mol. The van der Waals surface area contributed by atoms with Crippen LogP contribution in [0.3, 0.4) is 0 Å². The Morgan fingerprint density at radius 3 is 2.75 bits per heavy atom. The van der Waals surface area contributed by atoms with Gasteiger partial charge in [0.25, 0.3) is 0 Å². The van der Waals surface area contributed by atoms with Crippen LogP contribution >= 0.6 is 0 Å². The molecule has 0 saturated carbocycles. The van der Waals surface area contributed by atoms with E-state index in [1.807, 2.05) is 0 Å². The Bertz CT molecular complexity index is 186. The van der Waals surface area contributed by atoms with Gasteiger partial charge in [-0.05, 0) is 45.7 Å². The maximum Gasteiger partial charge on any atom is 0.0619 e. The van der Waals surface area contributed by atoms with Crippen LogP contribution < -0.4 is 5.32 Å². The van der Waals surface area contributed by atoms with Crippen molar-refractivity contribution >= 4 is 0 Å². The topological polar surface area (TPSA) is 24.5 Å². The van der Waals surface area contributed by atoms with E-state index in [1.165, 1.54) is 45.2 Å². The minimum absolute atomic E-state index is 0.598. The van der Waals surface area contributed by atoms with Gasteiger partial charge in [-0.1, -0.05) is 6.42 Å². The van der Waals surface area contributed by atoms with Crippen LogP contribution in [0.2, 0.25) is 0 Å². The summed E-state index contributed by atoms with van der Waals surface area (Å²) in [5.74, 6) is 0. The molecule has 1 N–H and O–H groups in total. The molecule has 2 unspecified atom stereocenters. The first-order chi connectivity index (χ1) is 7.86. The van der Waals surface area contributed by atoms with Crippen LogP contribution in [0, 0.1) is 0 Å². The van der Waals surface area contributed by atoms with Crippen LogP contribution in [0.15, 0.2) is 0 Å². The quantitative estimate of drug-likeness (QED) is 0.788. The lowest BCUT2D eigenvalue weighted by Crippen LogP contribution is -2.47. The maximum atomic E-state index is 5.48. The molecule has 3 heteroatoms. The first kappa shape index (κ1) is 12.3. The van der Waals surface area contributed by atoms with Crippen molar-refractivity contribution in [3.05, 3.63) is 0 Å². The van der Waals surface area contributed by atoms with Crippen LogP contribution in [-0.2, 0) is 4.74 Å². The molecule has 0 radical (unpaired) electrons. The molecule has 2 aliphatic heterocycles. The largest absolute Gasteiger partial charge is 0.380 e. The van der Waals surface area contributed by atoms with Crippen molar-refractivity contribution in [3.8, 4) is 0 Å². The van der Waals surface area contributed by atoms with Crippen molar-refractivity contribution in [2.75, 3.05) is 32.8 Å². The molecule has 3 nitrogen and oxygen atoms in total. The van der Waals surface area contributed by atoms with E-state index >= 15 is 0 Å². The number of hydrogen-bond donors (Lipinski definition) is 1. The van der Waals surface area contributed by atoms with Crippen molar-refractivity contribution in [1.29, 1.82) is 0 Å². The fraction of sp³-hybridized carbons (Fsp3) is 1.00. The van der Waals surface area contributed by atoms with Gasteiger partial charge in [-0.25, -0.2) is 0 Å². The van der Waals surface area contributed by atoms with Gasteiger partial charge in [0.05, 0.1) is 6.61 Å². The lowest BCUT2D eigenvalue weighted by molar-refractivity contribution is 0.0663. The summed E-state index contributed by atoms with van der Waals surface area (Å²) in [6, 6.07) is 1.28. The smallest absolute Gasteiger partial charge is 0.0619 e. The minimum atomic E-state index is 0.598. The molecule has 2 saturated heterocycles. The lowest BCUT2D eigenvalue weighted by Gasteiger charge is -2.34. The molecule has 2 fully saturated rings. The van der Waals surface area contributed by atoms with Crippen LogP contribution in [0.4, 0.5) is 0 Å². The summed E-state index contributed by atoms with van der Waals surface area (Å²) in [5.41, 5.74) is 0. The summed E-state index contributed by atoms with van der Waals surface area (Å²) < 4.78 is 5.48. The van der Waals surface area contributed by atoms with Crippen molar-refractivity contribution in [1.82, 2.24) is 10.2 Å². The third kappa shape index (κ3) is 3.72. The maximum absolute atomic E-state index is 5.48. The van der Waals surface area contributed by atoms with Gasteiger partial charge in [0.1, 0.15) is 0 Å². The summed E-state index contributed by atoms with van der Waals surface area (Å²) in [6.45, 7) is 7.93. The highest BCUT2D eigenvalue weighted by Crippen LogP contribution is 2.12. The van der Waals surface area contributed by atoms with E-state index in [0.717, 1.165) is 19.8 Å². The zero-order valence-electron chi connectivity index (χ0n) is 10.6. The van der Waals surface area contributed by atoms with Gasteiger partial charge in [0.2, 0.25) is 0 Å². The molecule has 2 rings (SSSR count). The van der Waals surface area contributed by atoms with Gasteiger partial charge < -0.3 is 10.1 Å². The normalized spacial score (nSPS) is 30.2. The van der Waals surface area contributed by atoms with Gasteiger partial charge in [-0.2, -0.15) is 0 Å². The molecule has 0 aliphatic carbocycles. The summed E-state index contributed by atoms with van der Waals surface area (Å²) in [5, 5.41) is 3.65. The zero-order valence-corrected chi connectivity index (χ0v) is 10.6. The predicted molar refractivity (Wildman–Crippen MR) is 66.7 cm³/mol. The zero-order chi connectivity index (χ0) is 11.2. The van der Waals surface area contributed by atoms with Crippen molar-refractivity contribution in [2.45, 2.75) is 51.1 Å². The number of likely N-dealkylation sites (tertiary alicyclic amines) is 1. The number of ether oxygens (including phenoxy) is 1. The van der Waals surface area contributed by atoms with Gasteiger partial charge in [-0.3, -0.25) is 4.90 Å². The molecule has 0 aromatic carbocycles. The highest BCUT2D eigenvalue weighted by molar-refractivity contribution is 4.77. The van der Waals surface area contributed by atoms with E-state index in [2.05, 4.69) is 17.1 Å². The van der Waals surface area contributed by atoms with Gasteiger partial charge >= 0.3 is 0 Å². The van der Waals surface area contributed by atoms with Crippen LogP contribution in [0.1, 0.15) is 39.0 Å². The average Bonchev–Trinajstić information content (AvgIpc) is 2.38. The summed E-state index contributed by atoms with van der Waals surface area (Å²) in [4.78, 5) is 2.63. The Morgan fingerprint density at radius 2 is 2.06 bits per heavy atom. The van der Waals surface area contributed by atoms with E-state index in [4.69, 9.17) is 4.74 Å². The van der Waals surface area contributed by atoms with Crippen LogP contribution in [0.25, 0.3) is 0 Å². The molecule has 0 aromatic rings. The molecule has 0 bridgehead atoms. The summed E-state index contributed by atoms with van der Waals surface area (Å²) in [7, 11) is 0. The van der Waals surface area contributed by atoms with E-state index in [1.54, 1.807) is 0 Å². The van der Waals surface area contributed by atoms with Gasteiger partial charge in [-0.15, -0.1) is 0 Å². The Kier molecular flexibility index (Phi) is 5.07. The highest BCUT2D eigenvalue weighted by atomic mass is 16.5. The highest BCUT2D eigenvalue weighted by Gasteiger charge is 2.18. The lowest BCUT2D eigenvalue weighted by atomic mass is 10.1. The van der Waals surface area contributed by atoms with E-state index in [0.29, 0.717) is 12.1 Å².